The van der Waals surface area contributed by atoms with Gasteiger partial charge in [-0.2, -0.15) is 4.98 Å². The van der Waals surface area contributed by atoms with Crippen molar-refractivity contribution < 1.29 is 9.59 Å². The molecule has 0 aliphatic carbocycles. The van der Waals surface area contributed by atoms with Gasteiger partial charge in [-0.25, -0.2) is 14.5 Å². The summed E-state index contributed by atoms with van der Waals surface area (Å²) in [6.07, 6.45) is 9.37. The van der Waals surface area contributed by atoms with E-state index in [1.165, 1.54) is 4.52 Å². The van der Waals surface area contributed by atoms with Gasteiger partial charge in [-0.3, -0.25) is 9.59 Å². The van der Waals surface area contributed by atoms with E-state index < -0.39 is 0 Å². The fourth-order valence-corrected chi connectivity index (χ4v) is 4.58. The Bertz CT molecular complexity index is 1560. The molecule has 0 bridgehead atoms. The minimum atomic E-state index is -0.227. The number of fused-ring (bicyclic) bond motifs is 2. The minimum absolute atomic E-state index is 0.0404. The highest BCUT2D eigenvalue weighted by Crippen LogP contribution is 2.23. The van der Waals surface area contributed by atoms with Crippen LogP contribution in [0.3, 0.4) is 0 Å². The van der Waals surface area contributed by atoms with Crippen molar-refractivity contribution in [3.05, 3.63) is 108 Å². The van der Waals surface area contributed by atoms with Crippen molar-refractivity contribution in [3.8, 4) is 5.69 Å². The van der Waals surface area contributed by atoms with Gasteiger partial charge in [0, 0.05) is 62.7 Å². The largest absolute Gasteiger partial charge is 0.337 e. The van der Waals surface area contributed by atoms with Gasteiger partial charge >= 0.3 is 0 Å². The van der Waals surface area contributed by atoms with E-state index >= 15 is 0 Å². The molecule has 1 aliphatic rings. The van der Waals surface area contributed by atoms with Gasteiger partial charge in [0.15, 0.2) is 0 Å². The Morgan fingerprint density at radius 3 is 2.68 bits per heavy atom. The standard InChI is InChI=1S/C27H24N8O2/c1-32(16-19-3-7-23(8-4-19)34-14-11-28-18-34)25(36)21-5-6-22-17-33(13-9-20(22)15-21)26(37)24-30-27-29-10-2-12-35(27)31-24/h2-8,10-12,14-15,18H,9,13,16-17H2,1H3. The van der Waals surface area contributed by atoms with Crippen molar-refractivity contribution in [1.29, 1.82) is 0 Å². The highest BCUT2D eigenvalue weighted by Gasteiger charge is 2.26. The Kier molecular flexibility index (Phi) is 5.68. The Morgan fingerprint density at radius 2 is 1.89 bits per heavy atom. The average Bonchev–Trinajstić information content (AvgIpc) is 3.62. The number of aromatic nitrogens is 6. The van der Waals surface area contributed by atoms with E-state index in [2.05, 4.69) is 20.1 Å². The van der Waals surface area contributed by atoms with E-state index in [1.54, 1.807) is 40.8 Å². The second-order valence-electron chi connectivity index (χ2n) is 9.06. The summed E-state index contributed by atoms with van der Waals surface area (Å²) >= 11 is 0. The second-order valence-corrected chi connectivity index (χ2v) is 9.06. The smallest absolute Gasteiger partial charge is 0.293 e. The van der Waals surface area contributed by atoms with Gasteiger partial charge in [0.05, 0.1) is 6.33 Å². The zero-order chi connectivity index (χ0) is 25.4. The summed E-state index contributed by atoms with van der Waals surface area (Å²) in [5.74, 6) is 0.259. The molecule has 2 aromatic carbocycles. The minimum Gasteiger partial charge on any atom is -0.337 e. The molecule has 10 nitrogen and oxygen atoms in total. The molecule has 0 atom stereocenters. The molecule has 10 heteroatoms. The van der Waals surface area contributed by atoms with E-state index in [1.807, 2.05) is 60.3 Å². The molecule has 0 fully saturated rings. The Labute approximate surface area is 212 Å². The summed E-state index contributed by atoms with van der Waals surface area (Å²) in [5.41, 5.74) is 4.81. The number of hydrogen-bond acceptors (Lipinski definition) is 6. The number of carbonyl (C=O) groups excluding carboxylic acids is 2. The number of benzene rings is 2. The summed E-state index contributed by atoms with van der Waals surface area (Å²) in [5, 5.41) is 4.25. The SMILES string of the molecule is CN(Cc1ccc(-n2ccnc2)cc1)C(=O)c1ccc2c(c1)CCN(C(=O)c1nc3ncccn3n1)C2. The highest BCUT2D eigenvalue weighted by atomic mass is 16.2. The lowest BCUT2D eigenvalue weighted by molar-refractivity contribution is 0.0720. The molecule has 2 amide bonds. The summed E-state index contributed by atoms with van der Waals surface area (Å²) < 4.78 is 3.43. The van der Waals surface area contributed by atoms with Crippen molar-refractivity contribution in [2.75, 3.05) is 13.6 Å². The van der Waals surface area contributed by atoms with Gasteiger partial charge in [0.2, 0.25) is 5.82 Å². The molecule has 3 aromatic heterocycles. The summed E-state index contributed by atoms with van der Waals surface area (Å²) in [4.78, 5) is 42.1. The third-order valence-corrected chi connectivity index (χ3v) is 6.57. The van der Waals surface area contributed by atoms with E-state index in [4.69, 9.17) is 0 Å². The van der Waals surface area contributed by atoms with Gasteiger partial charge in [-0.05, 0) is 53.4 Å². The van der Waals surface area contributed by atoms with Gasteiger partial charge in [0.1, 0.15) is 0 Å². The summed E-state index contributed by atoms with van der Waals surface area (Å²) in [6.45, 7) is 1.49. The first kappa shape index (κ1) is 22.6. The fourth-order valence-electron chi connectivity index (χ4n) is 4.58. The van der Waals surface area contributed by atoms with Crippen LogP contribution < -0.4 is 0 Å². The Hall–Kier alpha value is -4.86. The van der Waals surface area contributed by atoms with E-state index in [0.29, 0.717) is 37.4 Å². The van der Waals surface area contributed by atoms with Crippen LogP contribution in [-0.4, -0.2) is 64.3 Å². The lowest BCUT2D eigenvalue weighted by Crippen LogP contribution is -2.36. The molecule has 6 rings (SSSR count). The van der Waals surface area contributed by atoms with Gasteiger partial charge in [0.25, 0.3) is 17.6 Å². The van der Waals surface area contributed by atoms with Crippen LogP contribution in [0.1, 0.15) is 37.7 Å². The molecule has 4 heterocycles. The molecule has 5 aromatic rings. The van der Waals surface area contributed by atoms with E-state index in [9.17, 15) is 9.59 Å². The third kappa shape index (κ3) is 4.44. The van der Waals surface area contributed by atoms with Crippen LogP contribution in [0.25, 0.3) is 11.5 Å². The van der Waals surface area contributed by atoms with Crippen molar-refractivity contribution in [3.63, 3.8) is 0 Å². The van der Waals surface area contributed by atoms with E-state index in [0.717, 1.165) is 22.4 Å². The summed E-state index contributed by atoms with van der Waals surface area (Å²) in [6, 6.07) is 15.5. The van der Waals surface area contributed by atoms with Crippen molar-refractivity contribution in [2.45, 2.75) is 19.5 Å². The van der Waals surface area contributed by atoms with Gasteiger partial charge < -0.3 is 14.4 Å². The molecule has 0 N–H and O–H groups in total. The van der Waals surface area contributed by atoms with Crippen molar-refractivity contribution >= 4 is 17.6 Å². The summed E-state index contributed by atoms with van der Waals surface area (Å²) in [7, 11) is 1.81. The van der Waals surface area contributed by atoms with Crippen molar-refractivity contribution in [1.82, 2.24) is 38.9 Å². The zero-order valence-corrected chi connectivity index (χ0v) is 20.2. The number of nitrogens with zero attached hydrogens (tertiary/aromatic N) is 8. The molecular weight excluding hydrogens is 468 g/mol. The maximum Gasteiger partial charge on any atom is 0.293 e. The van der Waals surface area contributed by atoms with Crippen LogP contribution in [0.15, 0.2) is 79.6 Å². The van der Waals surface area contributed by atoms with Crippen molar-refractivity contribution in [2.24, 2.45) is 0 Å². The Balaban J connectivity index is 1.12. The van der Waals surface area contributed by atoms with Crippen LogP contribution in [-0.2, 0) is 19.5 Å². The highest BCUT2D eigenvalue weighted by molar-refractivity contribution is 5.94. The predicted molar refractivity (Wildman–Crippen MR) is 135 cm³/mol. The molecule has 0 saturated carbocycles. The Morgan fingerprint density at radius 1 is 1.03 bits per heavy atom. The quantitative estimate of drug-likeness (QED) is 0.374. The van der Waals surface area contributed by atoms with Gasteiger partial charge in [-0.1, -0.05) is 18.2 Å². The zero-order valence-electron chi connectivity index (χ0n) is 20.2. The van der Waals surface area contributed by atoms with Crippen LogP contribution in [0.4, 0.5) is 0 Å². The van der Waals surface area contributed by atoms with Crippen LogP contribution in [0.2, 0.25) is 0 Å². The molecule has 0 unspecified atom stereocenters. The van der Waals surface area contributed by atoms with Crippen LogP contribution in [0.5, 0.6) is 0 Å². The third-order valence-electron chi connectivity index (χ3n) is 6.57. The maximum atomic E-state index is 13.2. The fraction of sp³-hybridized carbons (Fsp3) is 0.185. The molecular formula is C27H24N8O2. The first-order valence-corrected chi connectivity index (χ1v) is 12.0. The van der Waals surface area contributed by atoms with Gasteiger partial charge in [-0.15, -0.1) is 5.10 Å². The first-order chi connectivity index (χ1) is 18.0. The van der Waals surface area contributed by atoms with Crippen LogP contribution in [0, 0.1) is 0 Å². The average molecular weight is 493 g/mol. The maximum absolute atomic E-state index is 13.2. The second kappa shape index (κ2) is 9.30. The number of carbonyl (C=O) groups is 2. The molecule has 37 heavy (non-hydrogen) atoms. The lowest BCUT2D eigenvalue weighted by atomic mass is 9.96. The molecule has 0 radical (unpaired) electrons. The normalized spacial score (nSPS) is 12.9. The molecule has 0 saturated heterocycles. The monoisotopic (exact) mass is 492 g/mol. The predicted octanol–water partition coefficient (Wildman–Crippen LogP) is 2.78. The lowest BCUT2D eigenvalue weighted by Gasteiger charge is -2.28. The van der Waals surface area contributed by atoms with E-state index in [-0.39, 0.29) is 17.6 Å². The number of rotatable bonds is 5. The first-order valence-electron chi connectivity index (χ1n) is 12.0. The van der Waals surface area contributed by atoms with Crippen LogP contribution >= 0.6 is 0 Å². The molecule has 184 valence electrons. The number of imidazole rings is 1. The molecule has 0 spiro atoms. The topological polar surface area (TPSA) is 102 Å². The molecule has 1 aliphatic heterocycles. The number of amides is 2. The number of hydrogen-bond donors (Lipinski definition) is 0.